The van der Waals surface area contributed by atoms with Crippen LogP contribution in [0.4, 0.5) is 5.69 Å². The maximum Gasteiger partial charge on any atom is 0.257 e. The fourth-order valence-electron chi connectivity index (χ4n) is 2.00. The number of hydrogen-bond acceptors (Lipinski definition) is 5. The Labute approximate surface area is 142 Å². The Bertz CT molecular complexity index is 839. The van der Waals surface area contributed by atoms with Crippen LogP contribution in [0.2, 0.25) is 5.02 Å². The molecule has 0 spiro atoms. The summed E-state index contributed by atoms with van der Waals surface area (Å²) in [5.41, 5.74) is 1.29. The highest BCUT2D eigenvalue weighted by atomic mass is 35.5. The maximum atomic E-state index is 12.3. The predicted octanol–water partition coefficient (Wildman–Crippen LogP) is 4.57. The molecular formula is C16H14ClN3O2S. The summed E-state index contributed by atoms with van der Waals surface area (Å²) in [6, 6.07) is 8.60. The summed E-state index contributed by atoms with van der Waals surface area (Å²) < 4.78 is 5.55. The number of aromatic nitrogens is 2. The number of benzene rings is 1. The first-order valence-corrected chi connectivity index (χ1v) is 8.26. The van der Waals surface area contributed by atoms with E-state index in [1.54, 1.807) is 24.3 Å². The van der Waals surface area contributed by atoms with Crippen LogP contribution in [0.25, 0.3) is 10.8 Å². The smallest absolute Gasteiger partial charge is 0.257 e. The summed E-state index contributed by atoms with van der Waals surface area (Å²) in [7, 11) is 0. The van der Waals surface area contributed by atoms with Crippen LogP contribution in [0.15, 0.2) is 34.7 Å². The lowest BCUT2D eigenvalue weighted by Gasteiger charge is -2.04. The van der Waals surface area contributed by atoms with Gasteiger partial charge in [0.1, 0.15) is 0 Å². The average Bonchev–Trinajstić information content (AvgIpc) is 3.15. The number of halogens is 1. The van der Waals surface area contributed by atoms with E-state index >= 15 is 0 Å². The van der Waals surface area contributed by atoms with Gasteiger partial charge in [-0.05, 0) is 37.3 Å². The third kappa shape index (κ3) is 3.43. The largest absolute Gasteiger partial charge is 0.420 e. The molecule has 0 aliphatic rings. The Morgan fingerprint density at radius 2 is 2.04 bits per heavy atom. The number of aryl methyl sites for hydroxylation is 2. The third-order valence-electron chi connectivity index (χ3n) is 3.25. The van der Waals surface area contributed by atoms with E-state index in [1.807, 2.05) is 19.9 Å². The van der Waals surface area contributed by atoms with Crippen LogP contribution < -0.4 is 5.32 Å². The van der Waals surface area contributed by atoms with Crippen molar-refractivity contribution < 1.29 is 9.21 Å². The topological polar surface area (TPSA) is 68.0 Å². The summed E-state index contributed by atoms with van der Waals surface area (Å²) in [5, 5.41) is 11.5. The van der Waals surface area contributed by atoms with Crippen molar-refractivity contribution >= 4 is 34.5 Å². The lowest BCUT2D eigenvalue weighted by molar-refractivity contribution is 0.102. The standard InChI is InChI=1S/C16H14ClN3O2S/c1-3-14-19-20-16(22-14)13-8-12(9(2)23-13)18-15(21)10-4-6-11(17)7-5-10/h4-8H,3H2,1-2H3,(H,18,21). The molecule has 0 radical (unpaired) electrons. The highest BCUT2D eigenvalue weighted by Crippen LogP contribution is 2.33. The van der Waals surface area contributed by atoms with E-state index in [2.05, 4.69) is 15.5 Å². The molecule has 7 heteroatoms. The van der Waals surface area contributed by atoms with Crippen LogP contribution in [-0.2, 0) is 6.42 Å². The molecule has 3 aromatic rings. The molecule has 0 saturated carbocycles. The van der Waals surface area contributed by atoms with Crippen molar-refractivity contribution in [2.75, 3.05) is 5.32 Å². The number of rotatable bonds is 4. The van der Waals surface area contributed by atoms with Crippen molar-refractivity contribution in [1.82, 2.24) is 10.2 Å². The summed E-state index contributed by atoms with van der Waals surface area (Å²) in [6.45, 7) is 3.89. The maximum absolute atomic E-state index is 12.3. The molecule has 0 atom stereocenters. The Kier molecular flexibility index (Phi) is 4.45. The Hall–Kier alpha value is -2.18. The molecular weight excluding hydrogens is 334 g/mol. The zero-order valence-corrected chi connectivity index (χ0v) is 14.2. The van der Waals surface area contributed by atoms with E-state index in [4.69, 9.17) is 16.0 Å². The monoisotopic (exact) mass is 347 g/mol. The van der Waals surface area contributed by atoms with Gasteiger partial charge in [0.15, 0.2) is 0 Å². The minimum atomic E-state index is -0.186. The molecule has 5 nitrogen and oxygen atoms in total. The van der Waals surface area contributed by atoms with Gasteiger partial charge in [-0.1, -0.05) is 18.5 Å². The number of anilines is 1. The zero-order valence-electron chi connectivity index (χ0n) is 12.6. The highest BCUT2D eigenvalue weighted by Gasteiger charge is 2.15. The highest BCUT2D eigenvalue weighted by molar-refractivity contribution is 7.15. The van der Waals surface area contributed by atoms with E-state index < -0.39 is 0 Å². The zero-order chi connectivity index (χ0) is 16.4. The molecule has 2 aromatic heterocycles. The van der Waals surface area contributed by atoms with E-state index in [0.717, 1.165) is 15.4 Å². The molecule has 0 fully saturated rings. The number of carbonyl (C=O) groups is 1. The molecule has 0 saturated heterocycles. The second-order valence-electron chi connectivity index (χ2n) is 4.90. The van der Waals surface area contributed by atoms with Crippen molar-refractivity contribution in [2.45, 2.75) is 20.3 Å². The molecule has 2 heterocycles. The van der Waals surface area contributed by atoms with Crippen LogP contribution in [0.1, 0.15) is 28.0 Å². The third-order valence-corrected chi connectivity index (χ3v) is 4.54. The minimum Gasteiger partial charge on any atom is -0.420 e. The second kappa shape index (κ2) is 6.52. The van der Waals surface area contributed by atoms with Crippen molar-refractivity contribution in [2.24, 2.45) is 0 Å². The van der Waals surface area contributed by atoms with E-state index in [1.165, 1.54) is 11.3 Å². The van der Waals surface area contributed by atoms with Gasteiger partial charge < -0.3 is 9.73 Å². The minimum absolute atomic E-state index is 0.186. The number of nitrogens with zero attached hydrogens (tertiary/aromatic N) is 2. The normalized spacial score (nSPS) is 10.7. The van der Waals surface area contributed by atoms with Gasteiger partial charge >= 0.3 is 0 Å². The molecule has 0 bridgehead atoms. The molecule has 1 amide bonds. The van der Waals surface area contributed by atoms with Crippen molar-refractivity contribution in [3.05, 3.63) is 51.7 Å². The summed E-state index contributed by atoms with van der Waals surface area (Å²) in [4.78, 5) is 14.1. The van der Waals surface area contributed by atoms with Crippen molar-refractivity contribution in [3.63, 3.8) is 0 Å². The number of hydrogen-bond donors (Lipinski definition) is 1. The van der Waals surface area contributed by atoms with E-state index in [9.17, 15) is 4.79 Å². The van der Waals surface area contributed by atoms with Crippen molar-refractivity contribution in [3.8, 4) is 10.8 Å². The van der Waals surface area contributed by atoms with Gasteiger partial charge in [0, 0.05) is 21.9 Å². The predicted molar refractivity (Wildman–Crippen MR) is 91.1 cm³/mol. The first-order valence-electron chi connectivity index (χ1n) is 7.07. The average molecular weight is 348 g/mol. The number of thiophene rings is 1. The quantitative estimate of drug-likeness (QED) is 0.750. The lowest BCUT2D eigenvalue weighted by Crippen LogP contribution is -2.11. The molecule has 1 aromatic carbocycles. The van der Waals surface area contributed by atoms with Gasteiger partial charge in [0.25, 0.3) is 11.8 Å². The van der Waals surface area contributed by atoms with Crippen LogP contribution in [0.5, 0.6) is 0 Å². The van der Waals surface area contributed by atoms with Gasteiger partial charge in [-0.2, -0.15) is 0 Å². The number of nitrogens with one attached hydrogen (secondary N) is 1. The molecule has 118 valence electrons. The Morgan fingerprint density at radius 3 is 2.70 bits per heavy atom. The fraction of sp³-hybridized carbons (Fsp3) is 0.188. The molecule has 1 N–H and O–H groups in total. The molecule has 0 aliphatic carbocycles. The number of amides is 1. The molecule has 0 aliphatic heterocycles. The van der Waals surface area contributed by atoms with Crippen LogP contribution in [-0.4, -0.2) is 16.1 Å². The molecule has 0 unspecified atom stereocenters. The Morgan fingerprint density at radius 1 is 1.30 bits per heavy atom. The van der Waals surface area contributed by atoms with Crippen molar-refractivity contribution in [1.29, 1.82) is 0 Å². The molecule has 23 heavy (non-hydrogen) atoms. The van der Waals surface area contributed by atoms with Crippen LogP contribution in [0, 0.1) is 6.92 Å². The van der Waals surface area contributed by atoms with Gasteiger partial charge in [-0.25, -0.2) is 0 Å². The fourth-order valence-corrected chi connectivity index (χ4v) is 3.03. The number of carbonyl (C=O) groups excluding carboxylic acids is 1. The van der Waals surface area contributed by atoms with E-state index in [0.29, 0.717) is 28.8 Å². The van der Waals surface area contributed by atoms with Gasteiger partial charge in [0.05, 0.1) is 10.6 Å². The molecule has 3 rings (SSSR count). The van der Waals surface area contributed by atoms with Crippen LogP contribution >= 0.6 is 22.9 Å². The first-order chi connectivity index (χ1) is 11.1. The van der Waals surface area contributed by atoms with Gasteiger partial charge in [-0.3, -0.25) is 4.79 Å². The summed E-state index contributed by atoms with van der Waals surface area (Å²) in [6.07, 6.45) is 0.692. The first kappa shape index (κ1) is 15.7. The second-order valence-corrected chi connectivity index (χ2v) is 6.59. The van der Waals surface area contributed by atoms with Gasteiger partial charge in [-0.15, -0.1) is 21.5 Å². The van der Waals surface area contributed by atoms with Crippen LogP contribution in [0.3, 0.4) is 0 Å². The van der Waals surface area contributed by atoms with E-state index in [-0.39, 0.29) is 5.91 Å². The lowest BCUT2D eigenvalue weighted by atomic mass is 10.2. The summed E-state index contributed by atoms with van der Waals surface area (Å²) in [5.74, 6) is 0.883. The SMILES string of the molecule is CCc1nnc(-c2cc(NC(=O)c3ccc(Cl)cc3)c(C)s2)o1. The Balaban J connectivity index is 1.81. The summed E-state index contributed by atoms with van der Waals surface area (Å²) >= 11 is 7.33. The van der Waals surface area contributed by atoms with Gasteiger partial charge in [0.2, 0.25) is 5.89 Å².